The molecular weight excluding hydrogens is 291 g/mol. The van der Waals surface area contributed by atoms with Crippen molar-refractivity contribution in [2.75, 3.05) is 0 Å². The molecule has 0 fully saturated rings. The summed E-state index contributed by atoms with van der Waals surface area (Å²) in [6, 6.07) is 18.0. The monoisotopic (exact) mass is 310 g/mol. The molecule has 0 unspecified atom stereocenters. The molecule has 0 aliphatic heterocycles. The molecule has 5 nitrogen and oxygen atoms in total. The molecule has 2 rings (SSSR count). The number of nitrogens with two attached hydrogens (primary N) is 2. The van der Waals surface area contributed by atoms with Gasteiger partial charge in [-0.15, -0.1) is 0 Å². The molecule has 6 heteroatoms. The maximum absolute atomic E-state index is 12.2. The van der Waals surface area contributed by atoms with Crippen molar-refractivity contribution in [3.63, 3.8) is 0 Å². The number of primary amides is 1. The van der Waals surface area contributed by atoms with Crippen molar-refractivity contribution < 1.29 is 14.2 Å². The van der Waals surface area contributed by atoms with Gasteiger partial charge in [-0.05, 0) is 17.3 Å². The number of carbonyl (C=O) groups excluding carboxylic acids is 2. The average Bonchev–Trinajstić information content (AvgIpc) is 2.58. The Morgan fingerprint density at radius 3 is 1.87 bits per heavy atom. The summed E-state index contributed by atoms with van der Waals surface area (Å²) in [6.45, 7) is -0.537. The van der Waals surface area contributed by atoms with E-state index in [4.69, 9.17) is 16.1 Å². The van der Waals surface area contributed by atoms with Crippen LogP contribution in [0.2, 0.25) is 0 Å². The van der Waals surface area contributed by atoms with Crippen LogP contribution in [0.15, 0.2) is 60.7 Å². The van der Waals surface area contributed by atoms with Crippen molar-refractivity contribution in [1.29, 1.82) is 0 Å². The summed E-state index contributed by atoms with van der Waals surface area (Å²) in [5, 5.41) is 0. The van der Waals surface area contributed by atoms with E-state index in [9.17, 15) is 9.59 Å². The fraction of sp³-hybridized carbons (Fsp3) is 0.176. The van der Waals surface area contributed by atoms with Gasteiger partial charge in [0, 0.05) is 6.42 Å². The van der Waals surface area contributed by atoms with Gasteiger partial charge in [0.1, 0.15) is 6.04 Å². The second-order valence-corrected chi connectivity index (χ2v) is 5.25. The number of hydrogen-bond donors (Lipinski definition) is 2. The largest absolute Gasteiger partial charge is 0.525 e. The van der Waals surface area contributed by atoms with Gasteiger partial charge in [-0.25, -0.2) is 0 Å². The summed E-state index contributed by atoms with van der Waals surface area (Å²) in [6.07, 6.45) is 0.224. The second kappa shape index (κ2) is 8.15. The van der Waals surface area contributed by atoms with Crippen LogP contribution in [0.3, 0.4) is 0 Å². The number of amides is 1. The van der Waals surface area contributed by atoms with E-state index in [-0.39, 0.29) is 12.8 Å². The van der Waals surface area contributed by atoms with Crippen molar-refractivity contribution >= 4 is 29.7 Å². The first kappa shape index (κ1) is 16.8. The Balaban J connectivity index is 2.15. The fourth-order valence-corrected chi connectivity index (χ4v) is 2.20. The molecular formula is C17H19BN2O3. The number of rotatable bonds is 7. The Morgan fingerprint density at radius 2 is 1.43 bits per heavy atom. The molecule has 23 heavy (non-hydrogen) atoms. The smallest absolute Gasteiger partial charge is 0.429 e. The molecule has 1 atom stereocenters. The minimum absolute atomic E-state index is 0.0532. The van der Waals surface area contributed by atoms with Crippen LogP contribution in [-0.2, 0) is 14.2 Å². The zero-order valence-electron chi connectivity index (χ0n) is 12.7. The lowest BCUT2D eigenvalue weighted by Crippen LogP contribution is -2.49. The highest BCUT2D eigenvalue weighted by molar-refractivity contribution is 6.81. The lowest BCUT2D eigenvalue weighted by Gasteiger charge is -2.18. The van der Waals surface area contributed by atoms with Gasteiger partial charge in [-0.2, -0.15) is 0 Å². The average molecular weight is 310 g/mol. The van der Waals surface area contributed by atoms with Gasteiger partial charge in [0.15, 0.2) is 0 Å². The van der Waals surface area contributed by atoms with E-state index >= 15 is 0 Å². The molecule has 0 aliphatic carbocycles. The van der Waals surface area contributed by atoms with E-state index < -0.39 is 24.8 Å². The Bertz CT molecular complexity index is 610. The second-order valence-electron chi connectivity index (χ2n) is 5.25. The van der Waals surface area contributed by atoms with Crippen LogP contribution in [0, 0.1) is 0 Å². The molecule has 2 aromatic rings. The zero-order chi connectivity index (χ0) is 16.7. The molecule has 0 aliphatic rings. The van der Waals surface area contributed by atoms with Crippen LogP contribution < -0.4 is 22.4 Å². The third-order valence-corrected chi connectivity index (χ3v) is 3.44. The Morgan fingerprint density at radius 1 is 0.957 bits per heavy atom. The number of benzene rings is 2. The Kier molecular flexibility index (Phi) is 5.94. The maximum Gasteiger partial charge on any atom is 0.429 e. The fourth-order valence-electron chi connectivity index (χ4n) is 2.20. The molecule has 2 aromatic carbocycles. The first-order valence-corrected chi connectivity index (χ1v) is 7.42. The van der Waals surface area contributed by atoms with Crippen LogP contribution in [0.25, 0.3) is 0 Å². The normalized spacial score (nSPS) is 11.5. The summed E-state index contributed by atoms with van der Waals surface area (Å²) >= 11 is 0. The molecule has 0 heterocycles. The van der Waals surface area contributed by atoms with Gasteiger partial charge in [0.2, 0.25) is 5.91 Å². The summed E-state index contributed by atoms with van der Waals surface area (Å²) in [4.78, 5) is 23.0. The van der Waals surface area contributed by atoms with Crippen LogP contribution in [0.4, 0.5) is 0 Å². The third-order valence-electron chi connectivity index (χ3n) is 3.44. The molecule has 0 spiro atoms. The highest BCUT2D eigenvalue weighted by Crippen LogP contribution is 2.01. The summed E-state index contributed by atoms with van der Waals surface area (Å²) < 4.78 is 5.60. The van der Waals surface area contributed by atoms with Gasteiger partial charge in [0.05, 0.1) is 0 Å². The SMILES string of the molecule is NC(=O)CC[C@H](N)C(=O)OB(c1ccccc1)c1ccccc1. The summed E-state index contributed by atoms with van der Waals surface area (Å²) in [5.41, 5.74) is 12.6. The molecule has 0 saturated carbocycles. The van der Waals surface area contributed by atoms with Gasteiger partial charge >= 0.3 is 12.9 Å². The maximum atomic E-state index is 12.2. The van der Waals surface area contributed by atoms with E-state index in [0.717, 1.165) is 10.9 Å². The van der Waals surface area contributed by atoms with E-state index in [1.165, 1.54) is 0 Å². The van der Waals surface area contributed by atoms with Crippen LogP contribution in [-0.4, -0.2) is 24.8 Å². The molecule has 1 amide bonds. The van der Waals surface area contributed by atoms with E-state index in [1.807, 2.05) is 60.7 Å². The minimum Gasteiger partial charge on any atom is -0.525 e. The molecule has 0 radical (unpaired) electrons. The highest BCUT2D eigenvalue weighted by atomic mass is 16.5. The summed E-state index contributed by atoms with van der Waals surface area (Å²) in [5.74, 6) is -1.04. The van der Waals surface area contributed by atoms with Crippen LogP contribution in [0.5, 0.6) is 0 Å². The molecule has 0 aromatic heterocycles. The van der Waals surface area contributed by atoms with E-state index in [1.54, 1.807) is 0 Å². The van der Waals surface area contributed by atoms with Crippen molar-refractivity contribution in [3.8, 4) is 0 Å². The predicted octanol–water partition coefficient (Wildman–Crippen LogP) is -0.0717. The standard InChI is InChI=1S/C17H19BN2O3/c19-15(11-12-16(20)21)17(22)23-18(13-7-3-1-4-8-13)14-9-5-2-6-10-14/h1-10,15H,11-12,19H2,(H2,20,21)/t15-/m0/s1. The lowest BCUT2D eigenvalue weighted by atomic mass is 9.55. The molecule has 118 valence electrons. The zero-order valence-corrected chi connectivity index (χ0v) is 12.7. The van der Waals surface area contributed by atoms with Gasteiger partial charge < -0.3 is 16.1 Å². The van der Waals surface area contributed by atoms with Gasteiger partial charge in [0.25, 0.3) is 0 Å². The van der Waals surface area contributed by atoms with Gasteiger partial charge in [-0.3, -0.25) is 9.59 Å². The van der Waals surface area contributed by atoms with E-state index in [0.29, 0.717) is 0 Å². The molecule has 0 saturated heterocycles. The van der Waals surface area contributed by atoms with Crippen molar-refractivity contribution in [1.82, 2.24) is 0 Å². The van der Waals surface area contributed by atoms with Crippen molar-refractivity contribution in [2.45, 2.75) is 18.9 Å². The quantitative estimate of drug-likeness (QED) is 0.700. The lowest BCUT2D eigenvalue weighted by molar-refractivity contribution is -0.136. The number of hydrogen-bond acceptors (Lipinski definition) is 4. The molecule has 0 bridgehead atoms. The number of carbonyl (C=O) groups is 2. The Labute approximate surface area is 135 Å². The first-order valence-electron chi connectivity index (χ1n) is 7.42. The first-order chi connectivity index (χ1) is 11.1. The Hall–Kier alpha value is -2.60. The third kappa shape index (κ3) is 4.97. The van der Waals surface area contributed by atoms with Crippen molar-refractivity contribution in [2.24, 2.45) is 11.5 Å². The molecule has 4 N–H and O–H groups in total. The minimum atomic E-state index is -0.877. The summed E-state index contributed by atoms with van der Waals surface area (Å²) in [7, 11) is 0. The highest BCUT2D eigenvalue weighted by Gasteiger charge is 2.28. The van der Waals surface area contributed by atoms with Crippen LogP contribution >= 0.6 is 0 Å². The van der Waals surface area contributed by atoms with Crippen LogP contribution in [0.1, 0.15) is 12.8 Å². The predicted molar refractivity (Wildman–Crippen MR) is 90.4 cm³/mol. The topological polar surface area (TPSA) is 95.4 Å². The van der Waals surface area contributed by atoms with E-state index in [2.05, 4.69) is 0 Å². The van der Waals surface area contributed by atoms with Crippen molar-refractivity contribution in [3.05, 3.63) is 60.7 Å². The van der Waals surface area contributed by atoms with Gasteiger partial charge in [-0.1, -0.05) is 60.7 Å².